The molecule has 7 heteroatoms. The van der Waals surface area contributed by atoms with Gasteiger partial charge in [0.2, 0.25) is 0 Å². The highest BCUT2D eigenvalue weighted by Crippen LogP contribution is 2.05. The van der Waals surface area contributed by atoms with Gasteiger partial charge in [0.05, 0.1) is 5.69 Å². The van der Waals surface area contributed by atoms with Gasteiger partial charge >= 0.3 is 5.97 Å². The maximum atomic E-state index is 11.8. The minimum atomic E-state index is -1.18. The first-order valence-electron chi connectivity index (χ1n) is 5.00. The number of carbonyl (C=O) groups is 3. The first kappa shape index (κ1) is 13.6. The Balaban J connectivity index is 3.49. The summed E-state index contributed by atoms with van der Waals surface area (Å²) in [6.45, 7) is -0.498. The number of amides is 1. The summed E-state index contributed by atoms with van der Waals surface area (Å²) in [5, 5.41) is 8.68. The monoisotopic (exact) mass is 252 g/mol. The number of carbonyl (C=O) groups excluding carboxylic acids is 2. The number of aromatic nitrogens is 1. The molecule has 1 rings (SSSR count). The summed E-state index contributed by atoms with van der Waals surface area (Å²) in [7, 11) is 2.87. The fourth-order valence-corrected chi connectivity index (χ4v) is 1.44. The average Bonchev–Trinajstić information content (AvgIpc) is 2.29. The molecule has 0 atom stereocenters. The lowest BCUT2D eigenvalue weighted by molar-refractivity contribution is -0.137. The zero-order chi connectivity index (χ0) is 13.9. The third kappa shape index (κ3) is 2.62. The van der Waals surface area contributed by atoms with Crippen molar-refractivity contribution in [3.05, 3.63) is 33.7 Å². The van der Waals surface area contributed by atoms with E-state index in [-0.39, 0.29) is 11.3 Å². The number of rotatable bonds is 4. The minimum Gasteiger partial charge on any atom is -0.480 e. The van der Waals surface area contributed by atoms with Crippen LogP contribution in [0.15, 0.2) is 17.1 Å². The van der Waals surface area contributed by atoms with Gasteiger partial charge < -0.3 is 14.6 Å². The molecule has 0 aliphatic heterocycles. The van der Waals surface area contributed by atoms with Crippen molar-refractivity contribution < 1.29 is 19.5 Å². The number of aliphatic carboxylic acids is 1. The molecule has 0 fully saturated rings. The molecule has 0 saturated carbocycles. The molecule has 1 amide bonds. The predicted molar refractivity (Wildman–Crippen MR) is 61.7 cm³/mol. The van der Waals surface area contributed by atoms with Crippen molar-refractivity contribution in [3.63, 3.8) is 0 Å². The van der Waals surface area contributed by atoms with Gasteiger partial charge in [-0.05, 0) is 0 Å². The Kier molecular flexibility index (Phi) is 3.98. The number of carboxylic acid groups (broad SMARTS) is 1. The van der Waals surface area contributed by atoms with E-state index in [2.05, 4.69) is 0 Å². The first-order chi connectivity index (χ1) is 8.38. The highest BCUT2D eigenvalue weighted by Gasteiger charge is 2.20. The lowest BCUT2D eigenvalue weighted by Crippen LogP contribution is -2.31. The summed E-state index contributed by atoms with van der Waals surface area (Å²) in [6, 6.07) is 1.06. The van der Waals surface area contributed by atoms with E-state index in [1.165, 1.54) is 20.3 Å². The van der Waals surface area contributed by atoms with E-state index in [4.69, 9.17) is 5.11 Å². The molecule has 1 N–H and O–H groups in total. The molecule has 1 aromatic heterocycles. The van der Waals surface area contributed by atoms with Gasteiger partial charge in [0.25, 0.3) is 5.91 Å². The molecule has 0 radical (unpaired) electrons. The zero-order valence-electron chi connectivity index (χ0n) is 9.91. The van der Waals surface area contributed by atoms with E-state index in [0.717, 1.165) is 15.5 Å². The molecule has 1 aromatic rings. The van der Waals surface area contributed by atoms with Gasteiger partial charge in [-0.1, -0.05) is 0 Å². The van der Waals surface area contributed by atoms with E-state index >= 15 is 0 Å². The van der Waals surface area contributed by atoms with Crippen LogP contribution < -0.4 is 5.43 Å². The third-order valence-corrected chi connectivity index (χ3v) is 2.26. The number of pyridine rings is 1. The summed E-state index contributed by atoms with van der Waals surface area (Å²) in [6.07, 6.45) is 1.48. The molecule has 18 heavy (non-hydrogen) atoms. The lowest BCUT2D eigenvalue weighted by atomic mass is 10.1. The van der Waals surface area contributed by atoms with Crippen LogP contribution in [0.5, 0.6) is 0 Å². The highest BCUT2D eigenvalue weighted by molar-refractivity contribution is 6.00. The largest absolute Gasteiger partial charge is 0.480 e. The van der Waals surface area contributed by atoms with E-state index in [9.17, 15) is 19.2 Å². The number of aldehydes is 1. The molecular formula is C11H12N2O5. The second kappa shape index (κ2) is 5.26. The first-order valence-corrected chi connectivity index (χ1v) is 5.00. The summed E-state index contributed by atoms with van der Waals surface area (Å²) in [4.78, 5) is 46.2. The summed E-state index contributed by atoms with van der Waals surface area (Å²) >= 11 is 0. The molecule has 1 heterocycles. The lowest BCUT2D eigenvalue weighted by Gasteiger charge is -2.14. The van der Waals surface area contributed by atoms with Crippen LogP contribution in [0.2, 0.25) is 0 Å². The Labute approximate surface area is 102 Å². The van der Waals surface area contributed by atoms with Crippen molar-refractivity contribution in [3.8, 4) is 0 Å². The molecule has 0 aromatic carbocycles. The summed E-state index contributed by atoms with van der Waals surface area (Å²) < 4.78 is 1.05. The van der Waals surface area contributed by atoms with Crippen molar-refractivity contribution in [2.75, 3.05) is 14.1 Å². The number of hydrogen-bond donors (Lipinski definition) is 1. The van der Waals surface area contributed by atoms with E-state index < -0.39 is 23.9 Å². The molecular weight excluding hydrogens is 240 g/mol. The summed E-state index contributed by atoms with van der Waals surface area (Å²) in [5.41, 5.74) is -1.17. The van der Waals surface area contributed by atoms with Crippen molar-refractivity contribution in [1.82, 2.24) is 9.47 Å². The van der Waals surface area contributed by atoms with Crippen molar-refractivity contribution in [1.29, 1.82) is 0 Å². The van der Waals surface area contributed by atoms with Crippen LogP contribution in [0.3, 0.4) is 0 Å². The van der Waals surface area contributed by atoms with Crippen LogP contribution in [0.4, 0.5) is 0 Å². The Morgan fingerprint density at radius 1 is 1.44 bits per heavy atom. The molecule has 0 aliphatic rings. The molecule has 0 spiro atoms. The van der Waals surface area contributed by atoms with Crippen LogP contribution in [-0.4, -0.2) is 46.8 Å². The van der Waals surface area contributed by atoms with Crippen LogP contribution in [0, 0.1) is 0 Å². The fourth-order valence-electron chi connectivity index (χ4n) is 1.44. The van der Waals surface area contributed by atoms with Gasteiger partial charge in [-0.3, -0.25) is 19.2 Å². The minimum absolute atomic E-state index is 0.233. The third-order valence-electron chi connectivity index (χ3n) is 2.26. The Hall–Kier alpha value is -2.44. The highest BCUT2D eigenvalue weighted by atomic mass is 16.4. The topological polar surface area (TPSA) is 96.7 Å². The van der Waals surface area contributed by atoms with Gasteiger partial charge in [0.1, 0.15) is 12.1 Å². The Morgan fingerprint density at radius 2 is 2.06 bits per heavy atom. The maximum Gasteiger partial charge on any atom is 0.323 e. The molecule has 0 aliphatic carbocycles. The molecule has 7 nitrogen and oxygen atoms in total. The number of nitrogens with zero attached hydrogens (tertiary/aromatic N) is 2. The maximum absolute atomic E-state index is 11.8. The quantitative estimate of drug-likeness (QED) is 0.725. The SMILES string of the molecule is CN(C)C(=O)c1c(C=O)n(CC(=O)O)ccc1=O. The van der Waals surface area contributed by atoms with E-state index in [1.54, 1.807) is 0 Å². The Morgan fingerprint density at radius 3 is 2.50 bits per heavy atom. The van der Waals surface area contributed by atoms with Gasteiger partial charge in [0.15, 0.2) is 11.7 Å². The molecule has 0 bridgehead atoms. The predicted octanol–water partition coefficient (Wildman–Crippen LogP) is -0.553. The normalized spacial score (nSPS) is 9.89. The molecule has 0 saturated heterocycles. The van der Waals surface area contributed by atoms with Gasteiger partial charge in [-0.2, -0.15) is 0 Å². The smallest absolute Gasteiger partial charge is 0.323 e. The standard InChI is InChI=1S/C11H12N2O5/c1-12(2)11(18)10-7(6-14)13(5-9(16)17)4-3-8(10)15/h3-4,6H,5H2,1-2H3,(H,16,17). The van der Waals surface area contributed by atoms with Gasteiger partial charge in [-0.15, -0.1) is 0 Å². The second-order valence-electron chi connectivity index (χ2n) is 3.78. The van der Waals surface area contributed by atoms with E-state index in [1.807, 2.05) is 0 Å². The Bertz CT molecular complexity index is 559. The van der Waals surface area contributed by atoms with Crippen LogP contribution in [-0.2, 0) is 11.3 Å². The van der Waals surface area contributed by atoms with E-state index in [0.29, 0.717) is 6.29 Å². The van der Waals surface area contributed by atoms with Crippen LogP contribution in [0.25, 0.3) is 0 Å². The second-order valence-corrected chi connectivity index (χ2v) is 3.78. The number of hydrogen-bond acceptors (Lipinski definition) is 4. The fraction of sp³-hybridized carbons (Fsp3) is 0.273. The molecule has 0 unspecified atom stereocenters. The van der Waals surface area contributed by atoms with Crippen molar-refractivity contribution in [2.24, 2.45) is 0 Å². The van der Waals surface area contributed by atoms with Crippen molar-refractivity contribution >= 4 is 18.2 Å². The molecule has 96 valence electrons. The van der Waals surface area contributed by atoms with Gasteiger partial charge in [-0.25, -0.2) is 0 Å². The zero-order valence-corrected chi connectivity index (χ0v) is 9.91. The summed E-state index contributed by atoms with van der Waals surface area (Å²) in [5.74, 6) is -1.81. The van der Waals surface area contributed by atoms with Crippen LogP contribution in [0.1, 0.15) is 20.8 Å². The van der Waals surface area contributed by atoms with Crippen LogP contribution >= 0.6 is 0 Å². The number of carboxylic acids is 1. The van der Waals surface area contributed by atoms with Gasteiger partial charge in [0, 0.05) is 26.4 Å². The average molecular weight is 252 g/mol. The van der Waals surface area contributed by atoms with Crippen molar-refractivity contribution in [2.45, 2.75) is 6.54 Å².